The summed E-state index contributed by atoms with van der Waals surface area (Å²) < 4.78 is 0. The third-order valence-corrected chi connectivity index (χ3v) is 13.0. The molecule has 2 unspecified atom stereocenters. The minimum Gasteiger partial charge on any atom is -0.394 e. The smallest absolute Gasteiger partial charge is 0.220 e. The standard InChI is InChI=1S/C65H113NO3/c1-3-5-7-9-11-13-15-17-19-21-23-25-27-29-31-33-35-37-39-41-43-45-47-49-51-53-55-57-59-61-65(69)66-63(62-67)64(68)60-58-56-54-52-50-48-46-44-42-40-38-36-34-32-30-28-26-24-22-20-18-16-14-12-10-8-6-4-2/h5,7,11,13,17,19,23,25,29,31,35,37,41,43,47,49,58,60,63-64,67-68H,3-4,6,8-10,12,14-16,18,20-22,24,26-28,30,32-34,36,38-40,42,44-46,48,50-57,59,61-62H2,1-2H3,(H,66,69)/b7-5-,13-11-,19-17-,25-23-,31-29-,37-35-,43-41-,49-47-,60-58+. The average Bonchev–Trinajstić information content (AvgIpc) is 3.35. The van der Waals surface area contributed by atoms with Crippen molar-refractivity contribution >= 4 is 5.91 Å². The van der Waals surface area contributed by atoms with Crippen LogP contribution in [-0.4, -0.2) is 34.9 Å². The summed E-state index contributed by atoms with van der Waals surface area (Å²) in [4.78, 5) is 12.5. The van der Waals surface area contributed by atoms with Gasteiger partial charge in [0.1, 0.15) is 0 Å². The fourth-order valence-electron chi connectivity index (χ4n) is 8.55. The Hall–Kier alpha value is -2.95. The highest BCUT2D eigenvalue weighted by atomic mass is 16.3. The zero-order valence-electron chi connectivity index (χ0n) is 45.5. The molecule has 4 nitrogen and oxygen atoms in total. The fourth-order valence-corrected chi connectivity index (χ4v) is 8.55. The second kappa shape index (κ2) is 59.4. The van der Waals surface area contributed by atoms with Crippen LogP contribution in [0, 0.1) is 0 Å². The first-order chi connectivity index (χ1) is 34.2. The van der Waals surface area contributed by atoms with E-state index in [4.69, 9.17) is 0 Å². The van der Waals surface area contributed by atoms with Crippen molar-refractivity contribution in [2.45, 2.75) is 289 Å². The topological polar surface area (TPSA) is 69.6 Å². The number of amides is 1. The molecule has 0 aliphatic rings. The monoisotopic (exact) mass is 956 g/mol. The van der Waals surface area contributed by atoms with Gasteiger partial charge in [0, 0.05) is 6.42 Å². The summed E-state index contributed by atoms with van der Waals surface area (Å²) in [5.74, 6) is -0.0902. The third kappa shape index (κ3) is 55.8. The predicted octanol–water partition coefficient (Wildman–Crippen LogP) is 19.9. The Morgan fingerprint density at radius 3 is 0.957 bits per heavy atom. The van der Waals surface area contributed by atoms with E-state index >= 15 is 0 Å². The average molecular weight is 957 g/mol. The maximum Gasteiger partial charge on any atom is 0.220 e. The quantitative estimate of drug-likeness (QED) is 0.0420. The van der Waals surface area contributed by atoms with Gasteiger partial charge in [0.2, 0.25) is 5.91 Å². The first-order valence-electron chi connectivity index (χ1n) is 29.6. The molecule has 1 amide bonds. The van der Waals surface area contributed by atoms with E-state index in [1.165, 1.54) is 161 Å². The molecule has 0 radical (unpaired) electrons. The van der Waals surface area contributed by atoms with Crippen LogP contribution >= 0.6 is 0 Å². The van der Waals surface area contributed by atoms with E-state index in [1.54, 1.807) is 6.08 Å². The molecule has 0 aromatic carbocycles. The summed E-state index contributed by atoms with van der Waals surface area (Å²) in [5, 5.41) is 23.2. The van der Waals surface area contributed by atoms with Gasteiger partial charge in [-0.15, -0.1) is 0 Å². The van der Waals surface area contributed by atoms with Gasteiger partial charge in [-0.25, -0.2) is 0 Å². The number of hydrogen-bond donors (Lipinski definition) is 3. The summed E-state index contributed by atoms with van der Waals surface area (Å²) in [5.41, 5.74) is 0. The van der Waals surface area contributed by atoms with Gasteiger partial charge >= 0.3 is 0 Å². The molecule has 0 rings (SSSR count). The van der Waals surface area contributed by atoms with E-state index in [9.17, 15) is 15.0 Å². The van der Waals surface area contributed by atoms with Crippen molar-refractivity contribution in [3.05, 3.63) is 109 Å². The Kier molecular flexibility index (Phi) is 56.8. The zero-order valence-corrected chi connectivity index (χ0v) is 45.5. The second-order valence-corrected chi connectivity index (χ2v) is 19.7. The molecule has 4 heteroatoms. The molecule has 0 aromatic heterocycles. The molecule has 2 atom stereocenters. The van der Waals surface area contributed by atoms with Crippen LogP contribution in [0.2, 0.25) is 0 Å². The van der Waals surface area contributed by atoms with Crippen LogP contribution in [0.1, 0.15) is 277 Å². The molecule has 3 N–H and O–H groups in total. The van der Waals surface area contributed by atoms with Crippen molar-refractivity contribution in [3.63, 3.8) is 0 Å². The van der Waals surface area contributed by atoms with Crippen LogP contribution in [0.25, 0.3) is 0 Å². The lowest BCUT2D eigenvalue weighted by Gasteiger charge is -2.20. The number of allylic oxidation sites excluding steroid dienone is 17. The van der Waals surface area contributed by atoms with Gasteiger partial charge in [-0.05, 0) is 83.5 Å². The Morgan fingerprint density at radius 1 is 0.362 bits per heavy atom. The molecule has 0 aliphatic carbocycles. The number of aliphatic hydroxyl groups excluding tert-OH is 2. The molecule has 396 valence electrons. The van der Waals surface area contributed by atoms with Gasteiger partial charge in [-0.3, -0.25) is 4.79 Å². The summed E-state index contributed by atoms with van der Waals surface area (Å²) >= 11 is 0. The number of aliphatic hydroxyl groups is 2. The summed E-state index contributed by atoms with van der Waals surface area (Å²) in [6.45, 7) is 4.20. The molecule has 0 heterocycles. The molecule has 0 aliphatic heterocycles. The molecular weight excluding hydrogens is 843 g/mol. The van der Waals surface area contributed by atoms with E-state index in [1.807, 2.05) is 6.08 Å². The van der Waals surface area contributed by atoms with Crippen molar-refractivity contribution in [2.75, 3.05) is 6.61 Å². The van der Waals surface area contributed by atoms with Gasteiger partial charge in [0.25, 0.3) is 0 Å². The first kappa shape index (κ1) is 66.0. The maximum atomic E-state index is 12.5. The van der Waals surface area contributed by atoms with Crippen LogP contribution in [-0.2, 0) is 4.79 Å². The number of carbonyl (C=O) groups excluding carboxylic acids is 1. The minimum absolute atomic E-state index is 0.0902. The lowest BCUT2D eigenvalue weighted by Crippen LogP contribution is -2.45. The number of carbonyl (C=O) groups is 1. The minimum atomic E-state index is -0.860. The Labute approximate surface area is 429 Å². The third-order valence-electron chi connectivity index (χ3n) is 13.0. The van der Waals surface area contributed by atoms with E-state index in [-0.39, 0.29) is 12.5 Å². The van der Waals surface area contributed by atoms with Crippen molar-refractivity contribution < 1.29 is 15.0 Å². The molecule has 0 aromatic rings. The zero-order chi connectivity index (χ0) is 49.9. The highest BCUT2D eigenvalue weighted by Crippen LogP contribution is 2.17. The van der Waals surface area contributed by atoms with Crippen molar-refractivity contribution in [1.29, 1.82) is 0 Å². The van der Waals surface area contributed by atoms with E-state index in [0.29, 0.717) is 6.42 Å². The van der Waals surface area contributed by atoms with Crippen LogP contribution in [0.3, 0.4) is 0 Å². The van der Waals surface area contributed by atoms with Gasteiger partial charge in [-0.2, -0.15) is 0 Å². The lowest BCUT2D eigenvalue weighted by molar-refractivity contribution is -0.123. The van der Waals surface area contributed by atoms with E-state index in [0.717, 1.165) is 96.3 Å². The Bertz CT molecular complexity index is 1310. The van der Waals surface area contributed by atoms with Crippen LogP contribution in [0.15, 0.2) is 109 Å². The molecule has 0 spiro atoms. The Balaban J connectivity index is 3.61. The van der Waals surface area contributed by atoms with E-state index in [2.05, 4.69) is 116 Å². The number of rotatable bonds is 53. The van der Waals surface area contributed by atoms with Crippen molar-refractivity contribution in [3.8, 4) is 0 Å². The predicted molar refractivity (Wildman–Crippen MR) is 308 cm³/mol. The molecule has 0 fully saturated rings. The van der Waals surface area contributed by atoms with Gasteiger partial charge in [0.05, 0.1) is 18.8 Å². The van der Waals surface area contributed by atoms with Gasteiger partial charge in [-0.1, -0.05) is 297 Å². The Morgan fingerprint density at radius 2 is 0.638 bits per heavy atom. The number of hydrogen-bond acceptors (Lipinski definition) is 3. The lowest BCUT2D eigenvalue weighted by atomic mass is 10.0. The molecule has 0 bridgehead atoms. The van der Waals surface area contributed by atoms with Gasteiger partial charge in [0.15, 0.2) is 0 Å². The number of nitrogens with one attached hydrogen (secondary N) is 1. The van der Waals surface area contributed by atoms with Crippen LogP contribution in [0.4, 0.5) is 0 Å². The summed E-state index contributed by atoms with van der Waals surface area (Å²) in [6, 6.07) is -0.646. The highest BCUT2D eigenvalue weighted by Gasteiger charge is 2.18. The summed E-state index contributed by atoms with van der Waals surface area (Å²) in [7, 11) is 0. The normalized spacial score (nSPS) is 13.6. The highest BCUT2D eigenvalue weighted by molar-refractivity contribution is 5.76. The maximum absolute atomic E-state index is 12.5. The van der Waals surface area contributed by atoms with Crippen molar-refractivity contribution in [1.82, 2.24) is 5.32 Å². The number of unbranched alkanes of at least 4 members (excludes halogenated alkanes) is 30. The fraction of sp³-hybridized carbons (Fsp3) is 0.708. The van der Waals surface area contributed by atoms with Gasteiger partial charge < -0.3 is 15.5 Å². The first-order valence-corrected chi connectivity index (χ1v) is 29.6. The van der Waals surface area contributed by atoms with Crippen molar-refractivity contribution in [2.24, 2.45) is 0 Å². The molecule has 0 saturated carbocycles. The largest absolute Gasteiger partial charge is 0.394 e. The molecule has 0 saturated heterocycles. The SMILES string of the molecule is CC/C=C\C/C=C\C/C=C\C/C=C\C/C=C\C/C=C\C/C=C\C/C=C\CCCCCCC(=O)NC(CO)C(O)/C=C/CCCCCCCCCCCCCCCCCCCCCCCCCCCC. The van der Waals surface area contributed by atoms with E-state index < -0.39 is 12.1 Å². The summed E-state index contributed by atoms with van der Waals surface area (Å²) in [6.07, 6.45) is 89.7. The van der Waals surface area contributed by atoms with Crippen LogP contribution in [0.5, 0.6) is 0 Å². The second-order valence-electron chi connectivity index (χ2n) is 19.7. The molecular formula is C65H113NO3. The van der Waals surface area contributed by atoms with Crippen LogP contribution < -0.4 is 5.32 Å². The molecule has 69 heavy (non-hydrogen) atoms.